The van der Waals surface area contributed by atoms with Crippen molar-refractivity contribution in [1.29, 1.82) is 0 Å². The van der Waals surface area contributed by atoms with Crippen molar-refractivity contribution in [3.63, 3.8) is 0 Å². The van der Waals surface area contributed by atoms with Gasteiger partial charge in [-0.3, -0.25) is 14.2 Å². The second kappa shape index (κ2) is 6.92. The molecule has 2 aromatic rings. The van der Waals surface area contributed by atoms with Gasteiger partial charge in [0.2, 0.25) is 0 Å². The van der Waals surface area contributed by atoms with E-state index in [0.717, 1.165) is 4.90 Å². The number of imide groups is 1. The van der Waals surface area contributed by atoms with E-state index in [1.165, 1.54) is 6.07 Å². The van der Waals surface area contributed by atoms with Crippen LogP contribution in [0.5, 0.6) is 0 Å². The lowest BCUT2D eigenvalue weighted by molar-refractivity contribution is 0.0926. The van der Waals surface area contributed by atoms with Crippen LogP contribution in [0.1, 0.15) is 34.6 Å². The Labute approximate surface area is 145 Å². The molecule has 0 saturated carbocycles. The molecule has 0 N–H and O–H groups in total. The topological polar surface area (TPSA) is 72.9 Å². The molecular formula is C18H18NO5P. The predicted octanol–water partition coefficient (Wildman–Crippen LogP) is 3.38. The molecule has 0 bridgehead atoms. The minimum atomic E-state index is -3.69. The van der Waals surface area contributed by atoms with E-state index in [0.29, 0.717) is 5.69 Å². The largest absolute Gasteiger partial charge is 0.362 e. The van der Waals surface area contributed by atoms with Crippen molar-refractivity contribution in [2.75, 3.05) is 18.1 Å². The van der Waals surface area contributed by atoms with Crippen LogP contribution < -0.4 is 10.2 Å². The van der Waals surface area contributed by atoms with Crippen LogP contribution in [-0.2, 0) is 13.6 Å². The summed E-state index contributed by atoms with van der Waals surface area (Å²) in [6.07, 6.45) is 0. The Hall–Kier alpha value is -2.27. The van der Waals surface area contributed by atoms with Gasteiger partial charge in [0.25, 0.3) is 11.8 Å². The number of para-hydroxylation sites is 1. The molecule has 7 heteroatoms. The molecule has 0 spiro atoms. The standard InChI is InChI=1S/C18H18NO5P/c1-3-23-25(22,24-4-2)15-12-8-11-14-16(15)18(21)19(17(14)20)13-9-6-5-7-10-13/h5-12H,3-4H2,1-2H3. The van der Waals surface area contributed by atoms with Crippen LogP contribution in [0.4, 0.5) is 5.69 Å². The van der Waals surface area contributed by atoms with E-state index in [-0.39, 0.29) is 29.6 Å². The molecule has 3 rings (SSSR count). The smallest absolute Gasteiger partial charge is 0.305 e. The van der Waals surface area contributed by atoms with Crippen molar-refractivity contribution < 1.29 is 23.2 Å². The van der Waals surface area contributed by atoms with Gasteiger partial charge in [-0.1, -0.05) is 24.3 Å². The lowest BCUT2D eigenvalue weighted by Gasteiger charge is -2.19. The quantitative estimate of drug-likeness (QED) is 0.584. The molecule has 1 heterocycles. The minimum absolute atomic E-state index is 0.0848. The summed E-state index contributed by atoms with van der Waals surface area (Å²) in [5.74, 6) is -0.978. The molecule has 1 aliphatic heterocycles. The molecular weight excluding hydrogens is 341 g/mol. The highest BCUT2D eigenvalue weighted by molar-refractivity contribution is 7.62. The van der Waals surface area contributed by atoms with E-state index in [2.05, 4.69) is 0 Å². The van der Waals surface area contributed by atoms with Crippen molar-refractivity contribution in [2.45, 2.75) is 13.8 Å². The number of rotatable bonds is 6. The molecule has 0 atom stereocenters. The first-order valence-electron chi connectivity index (χ1n) is 8.00. The molecule has 130 valence electrons. The average molecular weight is 359 g/mol. The van der Waals surface area contributed by atoms with Crippen LogP contribution in [-0.4, -0.2) is 25.0 Å². The SMILES string of the molecule is CCOP(=O)(OCC)c1cccc2c1C(=O)N(c1ccccc1)C2=O. The van der Waals surface area contributed by atoms with Gasteiger partial charge < -0.3 is 9.05 Å². The molecule has 2 amide bonds. The van der Waals surface area contributed by atoms with E-state index in [4.69, 9.17) is 9.05 Å². The monoisotopic (exact) mass is 359 g/mol. The first-order valence-corrected chi connectivity index (χ1v) is 9.54. The zero-order valence-electron chi connectivity index (χ0n) is 14.0. The highest BCUT2D eigenvalue weighted by Crippen LogP contribution is 2.49. The number of hydrogen-bond donors (Lipinski definition) is 0. The number of nitrogens with zero attached hydrogens (tertiary/aromatic N) is 1. The van der Waals surface area contributed by atoms with Gasteiger partial charge in [-0.2, -0.15) is 0 Å². The maximum atomic E-state index is 13.1. The molecule has 0 saturated heterocycles. The van der Waals surface area contributed by atoms with E-state index in [1.54, 1.807) is 56.3 Å². The Bertz CT molecular complexity index is 855. The summed E-state index contributed by atoms with van der Waals surface area (Å²) in [7, 11) is -3.69. The van der Waals surface area contributed by atoms with Crippen molar-refractivity contribution >= 4 is 30.4 Å². The lowest BCUT2D eigenvalue weighted by Crippen LogP contribution is -2.30. The fourth-order valence-electron chi connectivity index (χ4n) is 2.82. The van der Waals surface area contributed by atoms with E-state index in [9.17, 15) is 14.2 Å². The molecule has 0 unspecified atom stereocenters. The third-order valence-corrected chi connectivity index (χ3v) is 5.96. The number of carbonyl (C=O) groups excluding carboxylic acids is 2. The van der Waals surface area contributed by atoms with Crippen LogP contribution in [0.2, 0.25) is 0 Å². The number of hydrogen-bond acceptors (Lipinski definition) is 5. The fraction of sp³-hybridized carbons (Fsp3) is 0.222. The Kier molecular flexibility index (Phi) is 4.86. The van der Waals surface area contributed by atoms with Gasteiger partial charge in [-0.15, -0.1) is 0 Å². The van der Waals surface area contributed by atoms with Crippen LogP contribution in [0.15, 0.2) is 48.5 Å². The molecule has 25 heavy (non-hydrogen) atoms. The Morgan fingerprint density at radius 2 is 1.52 bits per heavy atom. The first kappa shape index (κ1) is 17.5. The molecule has 2 aromatic carbocycles. The summed E-state index contributed by atoms with van der Waals surface area (Å²) in [4.78, 5) is 26.8. The Balaban J connectivity index is 2.15. The van der Waals surface area contributed by atoms with Gasteiger partial charge in [-0.05, 0) is 38.1 Å². The highest BCUT2D eigenvalue weighted by atomic mass is 31.2. The van der Waals surface area contributed by atoms with Crippen molar-refractivity contribution in [3.8, 4) is 0 Å². The number of amides is 2. The van der Waals surface area contributed by atoms with Gasteiger partial charge in [0.1, 0.15) is 0 Å². The second-order valence-electron chi connectivity index (χ2n) is 5.31. The maximum absolute atomic E-state index is 13.1. The molecule has 0 aliphatic carbocycles. The van der Waals surface area contributed by atoms with Gasteiger partial charge in [0.05, 0.1) is 35.3 Å². The van der Waals surface area contributed by atoms with E-state index < -0.39 is 19.4 Å². The van der Waals surface area contributed by atoms with Crippen LogP contribution >= 0.6 is 7.60 Å². The first-order chi connectivity index (χ1) is 12.0. The normalized spacial score (nSPS) is 14.1. The summed E-state index contributed by atoms with van der Waals surface area (Å²) in [6, 6.07) is 13.3. The third-order valence-electron chi connectivity index (χ3n) is 3.80. The van der Waals surface area contributed by atoms with Crippen LogP contribution in [0, 0.1) is 0 Å². The number of benzene rings is 2. The van der Waals surface area contributed by atoms with Crippen molar-refractivity contribution in [3.05, 3.63) is 59.7 Å². The van der Waals surface area contributed by atoms with E-state index in [1.807, 2.05) is 0 Å². The molecule has 0 fully saturated rings. The zero-order valence-corrected chi connectivity index (χ0v) is 14.9. The molecule has 0 radical (unpaired) electrons. The fourth-order valence-corrected chi connectivity index (χ4v) is 4.61. The Morgan fingerprint density at radius 3 is 2.12 bits per heavy atom. The van der Waals surface area contributed by atoms with Gasteiger partial charge in [0, 0.05) is 0 Å². The van der Waals surface area contributed by atoms with Crippen LogP contribution in [0.25, 0.3) is 0 Å². The second-order valence-corrected chi connectivity index (χ2v) is 7.31. The molecule has 1 aliphatic rings. The summed E-state index contributed by atoms with van der Waals surface area (Å²) >= 11 is 0. The molecule has 6 nitrogen and oxygen atoms in total. The van der Waals surface area contributed by atoms with Crippen molar-refractivity contribution in [2.24, 2.45) is 0 Å². The third kappa shape index (κ3) is 2.93. The summed E-state index contributed by atoms with van der Waals surface area (Å²) in [5.41, 5.74) is 0.745. The maximum Gasteiger partial charge on any atom is 0.362 e. The lowest BCUT2D eigenvalue weighted by atomic mass is 10.1. The number of fused-ring (bicyclic) bond motifs is 1. The van der Waals surface area contributed by atoms with Gasteiger partial charge >= 0.3 is 7.60 Å². The van der Waals surface area contributed by atoms with Crippen LogP contribution in [0.3, 0.4) is 0 Å². The number of carbonyl (C=O) groups is 2. The number of anilines is 1. The minimum Gasteiger partial charge on any atom is -0.305 e. The van der Waals surface area contributed by atoms with E-state index >= 15 is 0 Å². The Morgan fingerprint density at radius 1 is 0.880 bits per heavy atom. The average Bonchev–Trinajstić information content (AvgIpc) is 2.87. The van der Waals surface area contributed by atoms with Gasteiger partial charge in [0.15, 0.2) is 0 Å². The van der Waals surface area contributed by atoms with Crippen molar-refractivity contribution in [1.82, 2.24) is 0 Å². The predicted molar refractivity (Wildman–Crippen MR) is 94.5 cm³/mol. The summed E-state index contributed by atoms with van der Waals surface area (Å²) in [5, 5.41) is 0.130. The zero-order chi connectivity index (χ0) is 18.0. The summed E-state index contributed by atoms with van der Waals surface area (Å²) < 4.78 is 23.9. The highest BCUT2D eigenvalue weighted by Gasteiger charge is 2.43. The molecule has 0 aromatic heterocycles. The summed E-state index contributed by atoms with van der Waals surface area (Å²) in [6.45, 7) is 3.70. The van der Waals surface area contributed by atoms with Gasteiger partial charge in [-0.25, -0.2) is 4.90 Å².